The zero-order valence-corrected chi connectivity index (χ0v) is 11.8. The van der Waals surface area contributed by atoms with Crippen LogP contribution >= 0.6 is 0 Å². The molecule has 110 valence electrons. The first-order chi connectivity index (χ1) is 9.47. The Bertz CT molecular complexity index is 471. The summed E-state index contributed by atoms with van der Waals surface area (Å²) in [6.45, 7) is 3.72. The van der Waals surface area contributed by atoms with Crippen molar-refractivity contribution in [2.45, 2.75) is 19.9 Å². The Morgan fingerprint density at radius 3 is 2.40 bits per heavy atom. The summed E-state index contributed by atoms with van der Waals surface area (Å²) in [5, 5.41) is 16.9. The van der Waals surface area contributed by atoms with E-state index in [9.17, 15) is 4.79 Å². The Morgan fingerprint density at radius 2 is 1.95 bits per heavy atom. The van der Waals surface area contributed by atoms with E-state index in [1.807, 2.05) is 13.8 Å². The van der Waals surface area contributed by atoms with E-state index in [4.69, 9.17) is 15.7 Å². The molecular weight excluding hydrogens is 260 g/mol. The van der Waals surface area contributed by atoms with Crippen molar-refractivity contribution in [3.63, 3.8) is 0 Å². The van der Waals surface area contributed by atoms with E-state index in [0.717, 1.165) is 0 Å². The highest BCUT2D eigenvalue weighted by Crippen LogP contribution is 2.14. The number of carbonyl (C=O) groups excluding carboxylic acids is 1. The summed E-state index contributed by atoms with van der Waals surface area (Å²) < 4.78 is 5.03. The summed E-state index contributed by atoms with van der Waals surface area (Å²) >= 11 is 0. The molecule has 1 atom stereocenters. The molecule has 0 aliphatic carbocycles. The molecule has 7 heteroatoms. The lowest BCUT2D eigenvalue weighted by atomic mass is 10.0. The van der Waals surface area contributed by atoms with Crippen molar-refractivity contribution in [3.05, 3.63) is 24.3 Å². The van der Waals surface area contributed by atoms with E-state index < -0.39 is 12.1 Å². The third-order valence-corrected chi connectivity index (χ3v) is 2.74. The molecule has 0 aromatic heterocycles. The maximum Gasteiger partial charge on any atom is 0.319 e. The zero-order chi connectivity index (χ0) is 15.1. The maximum atomic E-state index is 11.9. The molecule has 1 aromatic carbocycles. The van der Waals surface area contributed by atoms with Crippen molar-refractivity contribution >= 4 is 17.6 Å². The molecule has 1 rings (SSSR count). The Morgan fingerprint density at radius 1 is 1.35 bits per heavy atom. The lowest BCUT2D eigenvalue weighted by molar-refractivity contribution is 0.248. The molecule has 0 saturated carbocycles. The number of methoxy groups -OCH3 is 1. The smallest absolute Gasteiger partial charge is 0.319 e. The number of hydrogen-bond donors (Lipinski definition) is 4. The van der Waals surface area contributed by atoms with E-state index in [0.29, 0.717) is 11.4 Å². The molecule has 0 aliphatic rings. The van der Waals surface area contributed by atoms with Gasteiger partial charge in [-0.2, -0.15) is 0 Å². The van der Waals surface area contributed by atoms with E-state index in [1.165, 1.54) is 0 Å². The van der Waals surface area contributed by atoms with Crippen LogP contribution in [-0.4, -0.2) is 30.2 Å². The number of ether oxygens (including phenoxy) is 1. The number of nitrogens with two attached hydrogens (primary N) is 1. The van der Waals surface area contributed by atoms with E-state index in [-0.39, 0.29) is 11.8 Å². The molecule has 0 bridgehead atoms. The van der Waals surface area contributed by atoms with Crippen LogP contribution in [0.4, 0.5) is 10.5 Å². The van der Waals surface area contributed by atoms with Crippen LogP contribution in [0.2, 0.25) is 0 Å². The largest absolute Gasteiger partial charge is 0.497 e. The second-order valence-electron chi connectivity index (χ2n) is 4.57. The normalized spacial score (nSPS) is 12.9. The van der Waals surface area contributed by atoms with Gasteiger partial charge in [-0.1, -0.05) is 19.0 Å². The number of anilines is 1. The topological polar surface area (TPSA) is 109 Å². The number of carbonyl (C=O) groups is 1. The van der Waals surface area contributed by atoms with Crippen LogP contribution in [0.5, 0.6) is 5.75 Å². The quantitative estimate of drug-likeness (QED) is 0.284. The maximum absolute atomic E-state index is 11.9. The average Bonchev–Trinajstić information content (AvgIpc) is 2.44. The molecule has 0 radical (unpaired) electrons. The number of benzene rings is 1. The molecule has 20 heavy (non-hydrogen) atoms. The molecule has 5 N–H and O–H groups in total. The minimum Gasteiger partial charge on any atom is -0.497 e. The predicted octanol–water partition coefficient (Wildman–Crippen LogP) is 1.59. The van der Waals surface area contributed by atoms with Crippen LogP contribution in [0.15, 0.2) is 29.4 Å². The van der Waals surface area contributed by atoms with Gasteiger partial charge in [0, 0.05) is 5.69 Å². The van der Waals surface area contributed by atoms with Gasteiger partial charge < -0.3 is 26.3 Å². The van der Waals surface area contributed by atoms with Gasteiger partial charge in [0.2, 0.25) is 0 Å². The molecule has 0 spiro atoms. The second kappa shape index (κ2) is 7.22. The fourth-order valence-electron chi connectivity index (χ4n) is 1.63. The van der Waals surface area contributed by atoms with E-state index >= 15 is 0 Å². The van der Waals surface area contributed by atoms with Gasteiger partial charge in [-0.15, -0.1) is 0 Å². The van der Waals surface area contributed by atoms with Crippen LogP contribution in [-0.2, 0) is 0 Å². The zero-order valence-electron chi connectivity index (χ0n) is 11.8. The Labute approximate surface area is 117 Å². The Kier molecular flexibility index (Phi) is 5.64. The molecule has 0 aliphatic heterocycles. The van der Waals surface area contributed by atoms with Crippen molar-refractivity contribution in [1.82, 2.24) is 5.32 Å². The highest BCUT2D eigenvalue weighted by atomic mass is 16.5. The van der Waals surface area contributed by atoms with Crippen molar-refractivity contribution in [3.8, 4) is 5.75 Å². The third-order valence-electron chi connectivity index (χ3n) is 2.74. The third kappa shape index (κ3) is 4.34. The van der Waals surface area contributed by atoms with Gasteiger partial charge in [-0.3, -0.25) is 0 Å². The van der Waals surface area contributed by atoms with E-state index in [2.05, 4.69) is 15.8 Å². The minimum absolute atomic E-state index is 0.00693. The molecule has 1 unspecified atom stereocenters. The van der Waals surface area contributed by atoms with Crippen molar-refractivity contribution in [1.29, 1.82) is 0 Å². The number of amidine groups is 1. The van der Waals surface area contributed by atoms with Crippen molar-refractivity contribution in [2.24, 2.45) is 16.8 Å². The number of nitrogens with zero attached hydrogens (tertiary/aromatic N) is 1. The lowest BCUT2D eigenvalue weighted by Gasteiger charge is -2.21. The molecule has 0 heterocycles. The van der Waals surface area contributed by atoms with Crippen molar-refractivity contribution < 1.29 is 14.7 Å². The fourth-order valence-corrected chi connectivity index (χ4v) is 1.63. The van der Waals surface area contributed by atoms with Gasteiger partial charge in [-0.25, -0.2) is 4.79 Å². The highest BCUT2D eigenvalue weighted by molar-refractivity contribution is 5.94. The SMILES string of the molecule is COc1ccc(NC(=O)NC(C(N)=NO)C(C)C)cc1. The molecule has 0 fully saturated rings. The minimum atomic E-state index is -0.543. The number of amides is 2. The molecule has 7 nitrogen and oxygen atoms in total. The standard InChI is InChI=1S/C13H20N4O3/c1-8(2)11(12(14)17-19)16-13(18)15-9-4-6-10(20-3)7-5-9/h4-8,11,19H,1-3H3,(H2,14,17)(H2,15,16,18). The number of oxime groups is 1. The lowest BCUT2D eigenvalue weighted by Crippen LogP contribution is -2.49. The summed E-state index contributed by atoms with van der Waals surface area (Å²) in [4.78, 5) is 11.9. The summed E-state index contributed by atoms with van der Waals surface area (Å²) in [5.41, 5.74) is 6.15. The van der Waals surface area contributed by atoms with Gasteiger partial charge in [-0.05, 0) is 30.2 Å². The molecule has 0 saturated heterocycles. The van der Waals surface area contributed by atoms with E-state index in [1.54, 1.807) is 31.4 Å². The van der Waals surface area contributed by atoms with Crippen LogP contribution in [0.3, 0.4) is 0 Å². The van der Waals surface area contributed by atoms with Gasteiger partial charge in [0.25, 0.3) is 0 Å². The average molecular weight is 280 g/mol. The summed E-state index contributed by atoms with van der Waals surface area (Å²) in [6, 6.07) is 5.93. The number of rotatable bonds is 5. The number of urea groups is 1. The number of hydrogen-bond acceptors (Lipinski definition) is 4. The second-order valence-corrected chi connectivity index (χ2v) is 4.57. The van der Waals surface area contributed by atoms with Crippen LogP contribution < -0.4 is 21.1 Å². The fraction of sp³-hybridized carbons (Fsp3) is 0.385. The van der Waals surface area contributed by atoms with Gasteiger partial charge in [0.1, 0.15) is 5.75 Å². The molecular formula is C13H20N4O3. The number of nitrogens with one attached hydrogen (secondary N) is 2. The Balaban J connectivity index is 2.65. The highest BCUT2D eigenvalue weighted by Gasteiger charge is 2.20. The first-order valence-electron chi connectivity index (χ1n) is 6.17. The van der Waals surface area contributed by atoms with Gasteiger partial charge >= 0.3 is 6.03 Å². The predicted molar refractivity (Wildman–Crippen MR) is 77.2 cm³/mol. The van der Waals surface area contributed by atoms with Crippen LogP contribution in [0, 0.1) is 5.92 Å². The molecule has 2 amide bonds. The van der Waals surface area contributed by atoms with Crippen LogP contribution in [0.25, 0.3) is 0 Å². The summed E-state index contributed by atoms with van der Waals surface area (Å²) in [7, 11) is 1.57. The molecule has 1 aromatic rings. The first-order valence-corrected chi connectivity index (χ1v) is 6.17. The summed E-state index contributed by atoms with van der Waals surface area (Å²) in [6.07, 6.45) is 0. The monoisotopic (exact) mass is 280 g/mol. The van der Waals surface area contributed by atoms with Gasteiger partial charge in [0.05, 0.1) is 13.2 Å². The Hall–Kier alpha value is -2.44. The first kappa shape index (κ1) is 15.6. The summed E-state index contributed by atoms with van der Waals surface area (Å²) in [5.74, 6) is 0.657. The van der Waals surface area contributed by atoms with Crippen molar-refractivity contribution in [2.75, 3.05) is 12.4 Å². The van der Waals surface area contributed by atoms with Crippen LogP contribution in [0.1, 0.15) is 13.8 Å². The van der Waals surface area contributed by atoms with Gasteiger partial charge in [0.15, 0.2) is 5.84 Å².